The van der Waals surface area contributed by atoms with Crippen LogP contribution in [0.5, 0.6) is 0 Å². The first-order valence-electron chi connectivity index (χ1n) is 5.56. The van der Waals surface area contributed by atoms with Gasteiger partial charge in [0.15, 0.2) is 0 Å². The molecule has 0 unspecified atom stereocenters. The van der Waals surface area contributed by atoms with Gasteiger partial charge in [0.05, 0.1) is 5.69 Å². The van der Waals surface area contributed by atoms with Crippen LogP contribution in [0.1, 0.15) is 50.0 Å². The standard InChI is InChI=1S/C11H19N3/c1-3-14-8(2)13-10(11(14)12)9-6-4-5-7-9/h9H,3-7,12H2,1-2H3. The molecule has 0 radical (unpaired) electrons. The molecule has 3 heteroatoms. The van der Waals surface area contributed by atoms with Gasteiger partial charge in [0.1, 0.15) is 11.6 Å². The van der Waals surface area contributed by atoms with E-state index < -0.39 is 0 Å². The minimum Gasteiger partial charge on any atom is -0.384 e. The molecule has 1 fully saturated rings. The summed E-state index contributed by atoms with van der Waals surface area (Å²) < 4.78 is 2.10. The molecule has 2 N–H and O–H groups in total. The van der Waals surface area contributed by atoms with Crippen LogP contribution in [-0.4, -0.2) is 9.55 Å². The third-order valence-electron chi connectivity index (χ3n) is 3.28. The van der Waals surface area contributed by atoms with Crippen LogP contribution in [0.3, 0.4) is 0 Å². The average molecular weight is 193 g/mol. The van der Waals surface area contributed by atoms with E-state index in [2.05, 4.69) is 16.5 Å². The van der Waals surface area contributed by atoms with Gasteiger partial charge >= 0.3 is 0 Å². The monoisotopic (exact) mass is 193 g/mol. The molecule has 0 saturated heterocycles. The van der Waals surface area contributed by atoms with E-state index in [1.54, 1.807) is 0 Å². The molecule has 14 heavy (non-hydrogen) atoms. The molecule has 0 aliphatic heterocycles. The Kier molecular flexibility index (Phi) is 2.48. The zero-order chi connectivity index (χ0) is 10.1. The van der Waals surface area contributed by atoms with Crippen molar-refractivity contribution in [2.24, 2.45) is 0 Å². The van der Waals surface area contributed by atoms with Crippen molar-refractivity contribution in [1.82, 2.24) is 9.55 Å². The summed E-state index contributed by atoms with van der Waals surface area (Å²) in [6.45, 7) is 5.08. The summed E-state index contributed by atoms with van der Waals surface area (Å²) in [6, 6.07) is 0. The maximum atomic E-state index is 6.09. The normalized spacial score (nSPS) is 17.9. The van der Waals surface area contributed by atoms with E-state index in [-0.39, 0.29) is 0 Å². The molecular weight excluding hydrogens is 174 g/mol. The van der Waals surface area contributed by atoms with Crippen molar-refractivity contribution in [3.63, 3.8) is 0 Å². The summed E-state index contributed by atoms with van der Waals surface area (Å²) in [6.07, 6.45) is 5.21. The zero-order valence-electron chi connectivity index (χ0n) is 9.08. The Hall–Kier alpha value is -0.990. The number of imidazole rings is 1. The van der Waals surface area contributed by atoms with Crippen LogP contribution in [0.2, 0.25) is 0 Å². The highest BCUT2D eigenvalue weighted by Gasteiger charge is 2.23. The molecule has 0 amide bonds. The van der Waals surface area contributed by atoms with Crippen LogP contribution in [-0.2, 0) is 6.54 Å². The minimum atomic E-state index is 0.626. The fourth-order valence-electron chi connectivity index (χ4n) is 2.50. The first-order chi connectivity index (χ1) is 6.74. The predicted molar refractivity (Wildman–Crippen MR) is 58.3 cm³/mol. The summed E-state index contributed by atoms with van der Waals surface area (Å²) in [5.41, 5.74) is 7.25. The molecule has 0 bridgehead atoms. The Morgan fingerprint density at radius 2 is 2.07 bits per heavy atom. The molecule has 1 aliphatic rings. The number of hydrogen-bond donors (Lipinski definition) is 1. The lowest BCUT2D eigenvalue weighted by atomic mass is 10.0. The highest BCUT2D eigenvalue weighted by molar-refractivity contribution is 5.40. The van der Waals surface area contributed by atoms with Crippen LogP contribution >= 0.6 is 0 Å². The molecule has 0 aromatic carbocycles. The van der Waals surface area contributed by atoms with E-state index in [1.807, 2.05) is 6.92 Å². The van der Waals surface area contributed by atoms with Crippen molar-refractivity contribution in [3.05, 3.63) is 11.5 Å². The van der Waals surface area contributed by atoms with Gasteiger partial charge in [0, 0.05) is 12.5 Å². The average Bonchev–Trinajstić information content (AvgIpc) is 2.74. The van der Waals surface area contributed by atoms with Gasteiger partial charge in [0.2, 0.25) is 0 Å². The van der Waals surface area contributed by atoms with E-state index in [4.69, 9.17) is 5.73 Å². The van der Waals surface area contributed by atoms with Gasteiger partial charge in [-0.3, -0.25) is 0 Å². The lowest BCUT2D eigenvalue weighted by molar-refractivity contribution is 0.702. The molecule has 0 atom stereocenters. The number of nitrogens with zero attached hydrogens (tertiary/aromatic N) is 2. The minimum absolute atomic E-state index is 0.626. The fraction of sp³-hybridized carbons (Fsp3) is 0.727. The van der Waals surface area contributed by atoms with E-state index in [0.717, 1.165) is 23.9 Å². The van der Waals surface area contributed by atoms with Crippen LogP contribution in [0, 0.1) is 6.92 Å². The molecular formula is C11H19N3. The molecule has 3 nitrogen and oxygen atoms in total. The maximum Gasteiger partial charge on any atom is 0.127 e. The fourth-order valence-corrected chi connectivity index (χ4v) is 2.50. The molecule has 1 aromatic rings. The molecule has 1 aromatic heterocycles. The number of nitrogens with two attached hydrogens (primary N) is 1. The van der Waals surface area contributed by atoms with Crippen molar-refractivity contribution < 1.29 is 0 Å². The molecule has 1 saturated carbocycles. The first-order valence-corrected chi connectivity index (χ1v) is 5.56. The highest BCUT2D eigenvalue weighted by Crippen LogP contribution is 2.36. The second-order valence-electron chi connectivity index (χ2n) is 4.16. The lowest BCUT2D eigenvalue weighted by Gasteiger charge is -2.07. The smallest absolute Gasteiger partial charge is 0.127 e. The second kappa shape index (κ2) is 3.64. The van der Waals surface area contributed by atoms with Gasteiger partial charge in [-0.1, -0.05) is 12.8 Å². The summed E-state index contributed by atoms with van der Waals surface area (Å²) in [5.74, 6) is 2.59. The molecule has 78 valence electrons. The second-order valence-corrected chi connectivity index (χ2v) is 4.16. The van der Waals surface area contributed by atoms with Crippen molar-refractivity contribution in [2.45, 2.75) is 52.0 Å². The largest absolute Gasteiger partial charge is 0.384 e. The van der Waals surface area contributed by atoms with Crippen LogP contribution < -0.4 is 5.73 Å². The number of anilines is 1. The van der Waals surface area contributed by atoms with Crippen molar-refractivity contribution in [1.29, 1.82) is 0 Å². The zero-order valence-corrected chi connectivity index (χ0v) is 9.08. The summed E-state index contributed by atoms with van der Waals surface area (Å²) in [5, 5.41) is 0. The van der Waals surface area contributed by atoms with Gasteiger partial charge in [-0.2, -0.15) is 0 Å². The SMILES string of the molecule is CCn1c(C)nc(C2CCCC2)c1N. The predicted octanol–water partition coefficient (Wildman–Crippen LogP) is 2.45. The van der Waals surface area contributed by atoms with E-state index in [1.165, 1.54) is 25.7 Å². The highest BCUT2D eigenvalue weighted by atomic mass is 15.1. The van der Waals surface area contributed by atoms with E-state index in [9.17, 15) is 0 Å². The number of hydrogen-bond acceptors (Lipinski definition) is 2. The van der Waals surface area contributed by atoms with Gasteiger partial charge in [0.25, 0.3) is 0 Å². The van der Waals surface area contributed by atoms with Crippen molar-refractivity contribution in [2.75, 3.05) is 5.73 Å². The maximum absolute atomic E-state index is 6.09. The summed E-state index contributed by atoms with van der Waals surface area (Å²) in [4.78, 5) is 4.60. The van der Waals surface area contributed by atoms with E-state index in [0.29, 0.717) is 5.92 Å². The molecule has 0 spiro atoms. The van der Waals surface area contributed by atoms with Crippen molar-refractivity contribution in [3.8, 4) is 0 Å². The number of rotatable bonds is 2. The summed E-state index contributed by atoms with van der Waals surface area (Å²) in [7, 11) is 0. The Labute approximate surface area is 85.3 Å². The number of aryl methyl sites for hydroxylation is 1. The van der Waals surface area contributed by atoms with Crippen LogP contribution in [0.4, 0.5) is 5.82 Å². The van der Waals surface area contributed by atoms with Gasteiger partial charge < -0.3 is 10.3 Å². The summed E-state index contributed by atoms with van der Waals surface area (Å²) >= 11 is 0. The van der Waals surface area contributed by atoms with Crippen LogP contribution in [0.25, 0.3) is 0 Å². The van der Waals surface area contributed by atoms with Gasteiger partial charge in [-0.05, 0) is 26.7 Å². The molecule has 1 heterocycles. The Balaban J connectivity index is 2.33. The third kappa shape index (κ3) is 1.41. The number of nitrogen functional groups attached to an aromatic ring is 1. The van der Waals surface area contributed by atoms with Crippen LogP contribution in [0.15, 0.2) is 0 Å². The Morgan fingerprint density at radius 1 is 1.43 bits per heavy atom. The van der Waals surface area contributed by atoms with E-state index >= 15 is 0 Å². The third-order valence-corrected chi connectivity index (χ3v) is 3.28. The number of aromatic nitrogens is 2. The lowest BCUT2D eigenvalue weighted by Crippen LogP contribution is -2.04. The van der Waals surface area contributed by atoms with Crippen molar-refractivity contribution >= 4 is 5.82 Å². The quantitative estimate of drug-likeness (QED) is 0.784. The topological polar surface area (TPSA) is 43.8 Å². The first kappa shape index (κ1) is 9.56. The van der Waals surface area contributed by atoms with Gasteiger partial charge in [-0.15, -0.1) is 0 Å². The Bertz CT molecular complexity index is 322. The molecule has 1 aliphatic carbocycles. The molecule has 2 rings (SSSR count). The van der Waals surface area contributed by atoms with Gasteiger partial charge in [-0.25, -0.2) is 4.98 Å². The Morgan fingerprint density at radius 3 is 2.57 bits per heavy atom.